The number of thiophene rings is 1. The van der Waals surface area contributed by atoms with Gasteiger partial charge >= 0.3 is 0 Å². The Morgan fingerprint density at radius 1 is 1.04 bits per heavy atom. The van der Waals surface area contributed by atoms with Crippen molar-refractivity contribution in [2.75, 3.05) is 11.9 Å². The van der Waals surface area contributed by atoms with Crippen LogP contribution in [-0.2, 0) is 4.79 Å². The van der Waals surface area contributed by atoms with Gasteiger partial charge in [-0.15, -0.1) is 11.3 Å². The highest BCUT2D eigenvalue weighted by Crippen LogP contribution is 2.31. The number of fused-ring (bicyclic) bond motifs is 3. The Hall–Kier alpha value is -2.77. The lowest BCUT2D eigenvalue weighted by Gasteiger charge is -2.03. The third-order valence-electron chi connectivity index (χ3n) is 4.14. The molecule has 0 unspecified atom stereocenters. The molecular weight excluding hydrogens is 378 g/mol. The van der Waals surface area contributed by atoms with Crippen molar-refractivity contribution in [3.8, 4) is 0 Å². The van der Waals surface area contributed by atoms with Gasteiger partial charge in [-0.05, 0) is 29.3 Å². The topological polar surface area (TPSA) is 71.1 Å². The van der Waals surface area contributed by atoms with E-state index in [4.69, 9.17) is 0 Å². The van der Waals surface area contributed by atoms with Gasteiger partial charge in [0.1, 0.15) is 0 Å². The van der Waals surface area contributed by atoms with Crippen LogP contribution in [-0.4, -0.2) is 23.3 Å². The number of benzene rings is 2. The van der Waals surface area contributed by atoms with Crippen LogP contribution in [0.25, 0.3) is 21.0 Å². The first-order valence-electron chi connectivity index (χ1n) is 8.60. The highest BCUT2D eigenvalue weighted by atomic mass is 32.1. The first-order chi connectivity index (χ1) is 13.2. The molecule has 0 saturated carbocycles. The number of nitrogens with one attached hydrogen (secondary N) is 2. The van der Waals surface area contributed by atoms with E-state index in [0.717, 1.165) is 21.0 Å². The molecule has 0 aliphatic carbocycles. The van der Waals surface area contributed by atoms with Crippen LogP contribution in [0.3, 0.4) is 0 Å². The molecule has 0 radical (unpaired) electrons. The van der Waals surface area contributed by atoms with Crippen molar-refractivity contribution in [1.82, 2.24) is 10.3 Å². The van der Waals surface area contributed by atoms with Gasteiger partial charge in [-0.3, -0.25) is 9.59 Å². The van der Waals surface area contributed by atoms with Crippen LogP contribution in [0.15, 0.2) is 53.9 Å². The molecule has 2 N–H and O–H groups in total. The zero-order valence-corrected chi connectivity index (χ0v) is 16.0. The Morgan fingerprint density at radius 3 is 2.78 bits per heavy atom. The normalized spacial score (nSPS) is 11.0. The number of nitrogens with zero attached hydrogens (tertiary/aromatic N) is 1. The average Bonchev–Trinajstić information content (AvgIpc) is 3.34. The fourth-order valence-corrected chi connectivity index (χ4v) is 4.38. The van der Waals surface area contributed by atoms with Crippen molar-refractivity contribution in [3.63, 3.8) is 0 Å². The number of thiazole rings is 1. The lowest BCUT2D eigenvalue weighted by Crippen LogP contribution is -2.24. The lowest BCUT2D eigenvalue weighted by atomic mass is 10.1. The number of amides is 2. The summed E-state index contributed by atoms with van der Waals surface area (Å²) >= 11 is 2.87. The summed E-state index contributed by atoms with van der Waals surface area (Å²) in [4.78, 5) is 29.3. The molecule has 2 amide bonds. The molecule has 5 nitrogen and oxygen atoms in total. The Kier molecular flexibility index (Phi) is 5.13. The van der Waals surface area contributed by atoms with Gasteiger partial charge in [0.05, 0.1) is 15.1 Å². The largest absolute Gasteiger partial charge is 0.351 e. The molecule has 4 rings (SSSR count). The Labute approximate surface area is 164 Å². The van der Waals surface area contributed by atoms with Gasteiger partial charge < -0.3 is 10.6 Å². The zero-order chi connectivity index (χ0) is 18.6. The molecule has 2 aromatic heterocycles. The minimum Gasteiger partial charge on any atom is -0.351 e. The molecule has 0 aliphatic rings. The number of aromatic nitrogens is 1. The standard InChI is InChI=1S/C20H17N3O2S2/c24-17(8-3-11-21-19(25)16-7-4-12-26-16)22-20-23-18-14-6-2-1-5-13(14)9-10-15(18)27-20/h1-2,4-7,9-10,12H,3,8,11H2,(H,21,25)(H,22,23,24). The Morgan fingerprint density at radius 2 is 1.93 bits per heavy atom. The molecule has 2 heterocycles. The molecular formula is C20H17N3O2S2. The summed E-state index contributed by atoms with van der Waals surface area (Å²) < 4.78 is 1.05. The van der Waals surface area contributed by atoms with E-state index >= 15 is 0 Å². The molecule has 0 fully saturated rings. The van der Waals surface area contributed by atoms with E-state index in [1.54, 1.807) is 6.07 Å². The Balaban J connectivity index is 1.33. The van der Waals surface area contributed by atoms with Crippen LogP contribution >= 0.6 is 22.7 Å². The number of hydrogen-bond acceptors (Lipinski definition) is 5. The van der Waals surface area contributed by atoms with Gasteiger partial charge in [0, 0.05) is 18.4 Å². The first-order valence-corrected chi connectivity index (χ1v) is 10.3. The molecule has 0 atom stereocenters. The van der Waals surface area contributed by atoms with Crippen LogP contribution in [0, 0.1) is 0 Å². The minimum absolute atomic E-state index is 0.0938. The van der Waals surface area contributed by atoms with E-state index in [0.29, 0.717) is 29.4 Å². The molecule has 0 aliphatic heterocycles. The van der Waals surface area contributed by atoms with Crippen molar-refractivity contribution >= 4 is 60.6 Å². The second kappa shape index (κ2) is 7.85. The number of carbonyl (C=O) groups excluding carboxylic acids is 2. The highest BCUT2D eigenvalue weighted by molar-refractivity contribution is 7.22. The van der Waals surface area contributed by atoms with E-state index in [2.05, 4.69) is 27.8 Å². The third-order valence-corrected chi connectivity index (χ3v) is 5.95. The van der Waals surface area contributed by atoms with Crippen LogP contribution in [0.1, 0.15) is 22.5 Å². The molecule has 27 heavy (non-hydrogen) atoms. The molecule has 7 heteroatoms. The van der Waals surface area contributed by atoms with Gasteiger partial charge in [-0.25, -0.2) is 4.98 Å². The van der Waals surface area contributed by atoms with E-state index in [1.165, 1.54) is 22.7 Å². The van der Waals surface area contributed by atoms with Crippen molar-refractivity contribution in [2.45, 2.75) is 12.8 Å². The highest BCUT2D eigenvalue weighted by Gasteiger charge is 2.11. The van der Waals surface area contributed by atoms with E-state index < -0.39 is 0 Å². The predicted octanol–water partition coefficient (Wildman–Crippen LogP) is 4.66. The molecule has 136 valence electrons. The summed E-state index contributed by atoms with van der Waals surface area (Å²) in [5.41, 5.74) is 0.914. The third kappa shape index (κ3) is 3.99. The predicted molar refractivity (Wildman–Crippen MR) is 112 cm³/mol. The van der Waals surface area contributed by atoms with Crippen LogP contribution in [0.2, 0.25) is 0 Å². The molecule has 0 saturated heterocycles. The first kappa shape index (κ1) is 17.6. The average molecular weight is 396 g/mol. The number of carbonyl (C=O) groups is 2. The van der Waals surface area contributed by atoms with Gasteiger partial charge in [-0.2, -0.15) is 0 Å². The van der Waals surface area contributed by atoms with E-state index in [1.807, 2.05) is 35.7 Å². The monoisotopic (exact) mass is 395 g/mol. The summed E-state index contributed by atoms with van der Waals surface area (Å²) in [5, 5.41) is 10.4. The zero-order valence-electron chi connectivity index (χ0n) is 14.4. The maximum absolute atomic E-state index is 12.2. The maximum Gasteiger partial charge on any atom is 0.261 e. The van der Waals surface area contributed by atoms with E-state index in [9.17, 15) is 9.59 Å². The fourth-order valence-electron chi connectivity index (χ4n) is 2.84. The SMILES string of the molecule is O=C(CCCNC(=O)c1cccs1)Nc1nc2c(ccc3ccccc32)s1. The van der Waals surface area contributed by atoms with Crippen molar-refractivity contribution in [3.05, 3.63) is 58.8 Å². The van der Waals surface area contributed by atoms with Crippen molar-refractivity contribution < 1.29 is 9.59 Å². The molecule has 4 aromatic rings. The Bertz CT molecular complexity index is 1100. The summed E-state index contributed by atoms with van der Waals surface area (Å²) in [6.07, 6.45) is 0.915. The molecule has 0 spiro atoms. The fraction of sp³-hybridized carbons (Fsp3) is 0.150. The summed E-state index contributed by atoms with van der Waals surface area (Å²) in [6.45, 7) is 0.467. The van der Waals surface area contributed by atoms with Crippen LogP contribution < -0.4 is 10.6 Å². The maximum atomic E-state index is 12.2. The number of anilines is 1. The lowest BCUT2D eigenvalue weighted by molar-refractivity contribution is -0.116. The van der Waals surface area contributed by atoms with Gasteiger partial charge in [0.15, 0.2) is 5.13 Å². The smallest absolute Gasteiger partial charge is 0.261 e. The second-order valence-electron chi connectivity index (χ2n) is 6.04. The van der Waals surface area contributed by atoms with Crippen LogP contribution in [0.4, 0.5) is 5.13 Å². The summed E-state index contributed by atoms with van der Waals surface area (Å²) in [5.74, 6) is -0.188. The molecule has 2 aromatic carbocycles. The molecule has 0 bridgehead atoms. The van der Waals surface area contributed by atoms with Gasteiger partial charge in [-0.1, -0.05) is 47.7 Å². The van der Waals surface area contributed by atoms with Gasteiger partial charge in [0.2, 0.25) is 5.91 Å². The van der Waals surface area contributed by atoms with Gasteiger partial charge in [0.25, 0.3) is 5.91 Å². The summed E-state index contributed by atoms with van der Waals surface area (Å²) in [7, 11) is 0. The van der Waals surface area contributed by atoms with Crippen molar-refractivity contribution in [1.29, 1.82) is 0 Å². The number of rotatable bonds is 6. The van der Waals surface area contributed by atoms with Crippen LogP contribution in [0.5, 0.6) is 0 Å². The van der Waals surface area contributed by atoms with Crippen molar-refractivity contribution in [2.24, 2.45) is 0 Å². The number of hydrogen-bond donors (Lipinski definition) is 2. The quantitative estimate of drug-likeness (QED) is 0.467. The van der Waals surface area contributed by atoms with E-state index in [-0.39, 0.29) is 11.8 Å². The second-order valence-corrected chi connectivity index (χ2v) is 8.02. The summed E-state index contributed by atoms with van der Waals surface area (Å²) in [6, 6.07) is 15.8. The minimum atomic E-state index is -0.0940.